The van der Waals surface area contributed by atoms with E-state index >= 15 is 0 Å². The van der Waals surface area contributed by atoms with Gasteiger partial charge in [0.1, 0.15) is 12.3 Å². The summed E-state index contributed by atoms with van der Waals surface area (Å²) in [5.74, 6) is 0.0539. The molecule has 1 aromatic carbocycles. The SMILES string of the molecule is CCOC(=O)c1c(C)n(Cc2n[nH]c(=S)o2)c2ccc(O)cc12. The van der Waals surface area contributed by atoms with Crippen LogP contribution in [0.1, 0.15) is 28.9 Å². The van der Waals surface area contributed by atoms with Crippen LogP contribution < -0.4 is 0 Å². The molecule has 0 unspecified atom stereocenters. The number of carbonyl (C=O) groups is 1. The van der Waals surface area contributed by atoms with Gasteiger partial charge in [0.2, 0.25) is 5.89 Å². The lowest BCUT2D eigenvalue weighted by Gasteiger charge is -2.05. The lowest BCUT2D eigenvalue weighted by atomic mass is 10.1. The van der Waals surface area contributed by atoms with Crippen LogP contribution in [-0.2, 0) is 11.3 Å². The Kier molecular flexibility index (Phi) is 3.91. The molecule has 2 N–H and O–H groups in total. The quantitative estimate of drug-likeness (QED) is 0.563. The van der Waals surface area contributed by atoms with E-state index < -0.39 is 5.97 Å². The monoisotopic (exact) mass is 333 g/mol. The number of fused-ring (bicyclic) bond motifs is 1. The van der Waals surface area contributed by atoms with Crippen LogP contribution in [-0.4, -0.2) is 32.4 Å². The number of nitrogens with one attached hydrogen (secondary N) is 1. The third kappa shape index (κ3) is 2.72. The minimum atomic E-state index is -0.428. The van der Waals surface area contributed by atoms with Crippen molar-refractivity contribution in [2.45, 2.75) is 20.4 Å². The van der Waals surface area contributed by atoms with Gasteiger partial charge in [-0.25, -0.2) is 9.89 Å². The topological polar surface area (TPSA) is 93.3 Å². The first-order chi connectivity index (χ1) is 11.0. The van der Waals surface area contributed by atoms with Crippen molar-refractivity contribution in [2.24, 2.45) is 0 Å². The van der Waals surface area contributed by atoms with Crippen molar-refractivity contribution >= 4 is 29.1 Å². The van der Waals surface area contributed by atoms with Gasteiger partial charge in [-0.2, -0.15) is 0 Å². The van der Waals surface area contributed by atoms with Crippen LogP contribution in [0.25, 0.3) is 10.9 Å². The average molecular weight is 333 g/mol. The number of esters is 1. The minimum Gasteiger partial charge on any atom is -0.508 e. The first kappa shape index (κ1) is 15.3. The maximum absolute atomic E-state index is 12.3. The number of carbonyl (C=O) groups excluding carboxylic acids is 1. The Morgan fingerprint density at radius 1 is 1.52 bits per heavy atom. The molecule has 0 atom stereocenters. The molecule has 2 heterocycles. The second-order valence-electron chi connectivity index (χ2n) is 4.98. The van der Waals surface area contributed by atoms with Gasteiger partial charge >= 0.3 is 5.97 Å². The van der Waals surface area contributed by atoms with E-state index in [9.17, 15) is 9.90 Å². The number of aromatic amines is 1. The number of phenols is 1. The van der Waals surface area contributed by atoms with E-state index in [1.165, 1.54) is 0 Å². The van der Waals surface area contributed by atoms with E-state index in [0.717, 1.165) is 5.52 Å². The van der Waals surface area contributed by atoms with E-state index in [4.69, 9.17) is 21.4 Å². The lowest BCUT2D eigenvalue weighted by molar-refractivity contribution is 0.0527. The number of aromatic nitrogens is 3. The molecular formula is C15H15N3O4S. The molecular weight excluding hydrogens is 318 g/mol. The minimum absolute atomic E-state index is 0.0810. The van der Waals surface area contributed by atoms with E-state index in [1.54, 1.807) is 25.1 Å². The number of H-pyrrole nitrogens is 1. The fourth-order valence-electron chi connectivity index (χ4n) is 2.60. The highest BCUT2D eigenvalue weighted by Crippen LogP contribution is 2.30. The molecule has 8 heteroatoms. The van der Waals surface area contributed by atoms with Crippen LogP contribution in [0, 0.1) is 11.8 Å². The van der Waals surface area contributed by atoms with Gasteiger partial charge in [0.25, 0.3) is 4.84 Å². The third-order valence-electron chi connectivity index (χ3n) is 3.56. The molecule has 0 spiro atoms. The predicted molar refractivity (Wildman–Crippen MR) is 85.1 cm³/mol. The number of ether oxygens (including phenoxy) is 1. The Labute approximate surface area is 136 Å². The molecule has 0 aliphatic carbocycles. The summed E-state index contributed by atoms with van der Waals surface area (Å²) in [5, 5.41) is 16.9. The fourth-order valence-corrected chi connectivity index (χ4v) is 2.74. The molecule has 0 amide bonds. The summed E-state index contributed by atoms with van der Waals surface area (Å²) in [6.07, 6.45) is 0. The van der Waals surface area contributed by atoms with E-state index in [-0.39, 0.29) is 17.2 Å². The summed E-state index contributed by atoms with van der Waals surface area (Å²) < 4.78 is 12.3. The first-order valence-electron chi connectivity index (χ1n) is 7.04. The molecule has 120 valence electrons. The summed E-state index contributed by atoms with van der Waals surface area (Å²) in [4.78, 5) is 12.5. The van der Waals surface area contributed by atoms with Crippen molar-refractivity contribution < 1.29 is 19.1 Å². The second-order valence-corrected chi connectivity index (χ2v) is 5.35. The smallest absolute Gasteiger partial charge is 0.340 e. The van der Waals surface area contributed by atoms with Crippen molar-refractivity contribution in [1.29, 1.82) is 0 Å². The van der Waals surface area contributed by atoms with Crippen molar-refractivity contribution in [2.75, 3.05) is 6.61 Å². The number of hydrogen-bond acceptors (Lipinski definition) is 6. The molecule has 0 radical (unpaired) electrons. The standard InChI is InChI=1S/C15H15N3O4S/c1-3-21-14(20)13-8(2)18(7-12-16-17-15(23)22-12)11-5-4-9(19)6-10(11)13/h4-6,19H,3,7H2,1-2H3,(H,17,23). The zero-order valence-corrected chi connectivity index (χ0v) is 13.4. The molecule has 7 nitrogen and oxygen atoms in total. The van der Waals surface area contributed by atoms with Crippen LogP contribution in [0.2, 0.25) is 0 Å². The molecule has 2 aromatic heterocycles. The van der Waals surface area contributed by atoms with Crippen molar-refractivity contribution in [3.63, 3.8) is 0 Å². The normalized spacial score (nSPS) is 11.0. The summed E-state index contributed by atoms with van der Waals surface area (Å²) in [6, 6.07) is 4.85. The van der Waals surface area contributed by atoms with E-state index in [0.29, 0.717) is 29.1 Å². The van der Waals surface area contributed by atoms with Crippen LogP contribution in [0.3, 0.4) is 0 Å². The molecule has 3 aromatic rings. The summed E-state index contributed by atoms with van der Waals surface area (Å²) in [5.41, 5.74) is 1.90. The molecule has 3 rings (SSSR count). The Morgan fingerprint density at radius 2 is 2.30 bits per heavy atom. The zero-order chi connectivity index (χ0) is 16.6. The van der Waals surface area contributed by atoms with Gasteiger partial charge in [0, 0.05) is 16.6 Å². The van der Waals surface area contributed by atoms with Crippen LogP contribution >= 0.6 is 12.2 Å². The molecule has 0 fully saturated rings. The van der Waals surface area contributed by atoms with Crippen molar-refractivity contribution in [3.8, 4) is 5.75 Å². The Hall–Kier alpha value is -2.61. The predicted octanol–water partition coefficient (Wildman–Crippen LogP) is 2.93. The molecule has 0 saturated heterocycles. The van der Waals surface area contributed by atoms with Gasteiger partial charge < -0.3 is 18.8 Å². The first-order valence-corrected chi connectivity index (χ1v) is 7.45. The average Bonchev–Trinajstić information content (AvgIpc) is 3.02. The molecule has 0 bridgehead atoms. The highest BCUT2D eigenvalue weighted by molar-refractivity contribution is 7.71. The number of nitrogens with zero attached hydrogens (tertiary/aromatic N) is 2. The number of aromatic hydroxyl groups is 1. The largest absolute Gasteiger partial charge is 0.508 e. The van der Waals surface area contributed by atoms with E-state index in [1.807, 2.05) is 11.5 Å². The zero-order valence-electron chi connectivity index (χ0n) is 12.6. The number of phenolic OH excluding ortho intramolecular Hbond substituents is 1. The summed E-state index contributed by atoms with van der Waals surface area (Å²) in [7, 11) is 0. The maximum Gasteiger partial charge on any atom is 0.340 e. The summed E-state index contributed by atoms with van der Waals surface area (Å²) in [6.45, 7) is 4.14. The maximum atomic E-state index is 12.3. The van der Waals surface area contributed by atoms with Crippen LogP contribution in [0.15, 0.2) is 22.6 Å². The lowest BCUT2D eigenvalue weighted by Crippen LogP contribution is -2.08. The summed E-state index contributed by atoms with van der Waals surface area (Å²) >= 11 is 4.88. The van der Waals surface area contributed by atoms with Gasteiger partial charge in [-0.1, -0.05) is 0 Å². The van der Waals surface area contributed by atoms with Crippen molar-refractivity contribution in [1.82, 2.24) is 14.8 Å². The number of benzene rings is 1. The van der Waals surface area contributed by atoms with Gasteiger partial charge in [-0.3, -0.25) is 0 Å². The molecule has 0 aliphatic heterocycles. The van der Waals surface area contributed by atoms with Crippen LogP contribution in [0.4, 0.5) is 0 Å². The van der Waals surface area contributed by atoms with Gasteiger partial charge in [0.05, 0.1) is 12.2 Å². The Bertz CT molecular complexity index is 938. The highest BCUT2D eigenvalue weighted by Gasteiger charge is 2.22. The number of rotatable bonds is 4. The molecule has 23 heavy (non-hydrogen) atoms. The fraction of sp³-hybridized carbons (Fsp3) is 0.267. The number of hydrogen-bond donors (Lipinski definition) is 2. The molecule has 0 saturated carbocycles. The van der Waals surface area contributed by atoms with Gasteiger partial charge in [-0.15, -0.1) is 5.10 Å². The van der Waals surface area contributed by atoms with E-state index in [2.05, 4.69) is 10.2 Å². The van der Waals surface area contributed by atoms with Gasteiger partial charge in [0.15, 0.2) is 0 Å². The Morgan fingerprint density at radius 3 is 2.96 bits per heavy atom. The van der Waals surface area contributed by atoms with Crippen molar-refractivity contribution in [3.05, 3.63) is 40.2 Å². The van der Waals surface area contributed by atoms with Crippen LogP contribution in [0.5, 0.6) is 5.75 Å². The Balaban J connectivity index is 2.19. The molecule has 0 aliphatic rings. The highest BCUT2D eigenvalue weighted by atomic mass is 32.1. The van der Waals surface area contributed by atoms with Gasteiger partial charge in [-0.05, 0) is 44.3 Å². The third-order valence-corrected chi connectivity index (χ3v) is 3.74. The second kappa shape index (κ2) is 5.88.